The largest absolute Gasteiger partial charge is 0.496 e. The van der Waals surface area contributed by atoms with Crippen LogP contribution in [0, 0.1) is 0 Å². The molecule has 0 unspecified atom stereocenters. The molecule has 1 amide bonds. The third-order valence-electron chi connectivity index (χ3n) is 4.04. The van der Waals surface area contributed by atoms with Gasteiger partial charge >= 0.3 is 6.09 Å². The first kappa shape index (κ1) is 19.2. The monoisotopic (exact) mass is 368 g/mol. The molecule has 1 heterocycles. The van der Waals surface area contributed by atoms with Gasteiger partial charge < -0.3 is 25.4 Å². The summed E-state index contributed by atoms with van der Waals surface area (Å²) in [5, 5.41) is 3.83. The van der Waals surface area contributed by atoms with Crippen molar-refractivity contribution in [3.05, 3.63) is 28.8 Å². The van der Waals surface area contributed by atoms with Gasteiger partial charge in [-0.2, -0.15) is 0 Å². The molecular formula is C17H25ClN4O3. The van der Waals surface area contributed by atoms with Crippen molar-refractivity contribution >= 4 is 23.7 Å². The van der Waals surface area contributed by atoms with Gasteiger partial charge in [-0.05, 0) is 31.9 Å². The first-order valence-electron chi connectivity index (χ1n) is 8.34. The van der Waals surface area contributed by atoms with Crippen molar-refractivity contribution in [1.29, 1.82) is 0 Å². The molecule has 0 aliphatic carbocycles. The van der Waals surface area contributed by atoms with Crippen molar-refractivity contribution in [1.82, 2.24) is 10.2 Å². The summed E-state index contributed by atoms with van der Waals surface area (Å²) < 4.78 is 10.3. The maximum Gasteiger partial charge on any atom is 0.409 e. The minimum absolute atomic E-state index is 0.196. The maximum atomic E-state index is 11.7. The molecule has 1 fully saturated rings. The Morgan fingerprint density at radius 3 is 2.80 bits per heavy atom. The Labute approximate surface area is 153 Å². The number of rotatable bonds is 5. The number of aliphatic imine (C=N–C) groups is 1. The zero-order chi connectivity index (χ0) is 18.2. The van der Waals surface area contributed by atoms with E-state index in [4.69, 9.17) is 26.8 Å². The Hall–Kier alpha value is -2.15. The van der Waals surface area contributed by atoms with Gasteiger partial charge in [0.05, 0.1) is 20.3 Å². The van der Waals surface area contributed by atoms with Gasteiger partial charge in [-0.15, -0.1) is 0 Å². The predicted molar refractivity (Wildman–Crippen MR) is 98.1 cm³/mol. The van der Waals surface area contributed by atoms with Crippen molar-refractivity contribution in [2.24, 2.45) is 10.7 Å². The number of halogens is 1. The summed E-state index contributed by atoms with van der Waals surface area (Å²) >= 11 is 5.95. The van der Waals surface area contributed by atoms with Crippen LogP contribution in [-0.4, -0.2) is 49.8 Å². The van der Waals surface area contributed by atoms with E-state index in [-0.39, 0.29) is 12.1 Å². The van der Waals surface area contributed by atoms with Gasteiger partial charge in [0.1, 0.15) is 5.75 Å². The number of piperidine rings is 1. The van der Waals surface area contributed by atoms with Gasteiger partial charge in [-0.25, -0.2) is 9.79 Å². The Morgan fingerprint density at radius 2 is 2.16 bits per heavy atom. The Morgan fingerprint density at radius 1 is 1.44 bits per heavy atom. The fourth-order valence-electron chi connectivity index (χ4n) is 2.70. The van der Waals surface area contributed by atoms with Crippen molar-refractivity contribution in [3.63, 3.8) is 0 Å². The number of nitrogens with zero attached hydrogens (tertiary/aromatic N) is 2. The smallest absolute Gasteiger partial charge is 0.409 e. The fraction of sp³-hybridized carbons (Fsp3) is 0.529. The van der Waals surface area contributed by atoms with Crippen LogP contribution < -0.4 is 15.8 Å². The summed E-state index contributed by atoms with van der Waals surface area (Å²) in [6.45, 7) is 3.90. The van der Waals surface area contributed by atoms with Crippen LogP contribution in [0.15, 0.2) is 23.2 Å². The zero-order valence-electron chi connectivity index (χ0n) is 14.6. The predicted octanol–water partition coefficient (Wildman–Crippen LogP) is 2.37. The average molecular weight is 369 g/mol. The van der Waals surface area contributed by atoms with E-state index in [1.54, 1.807) is 31.1 Å². The van der Waals surface area contributed by atoms with Crippen molar-refractivity contribution < 1.29 is 14.3 Å². The normalized spacial score (nSPS) is 15.8. The molecule has 0 bridgehead atoms. The highest BCUT2D eigenvalue weighted by Crippen LogP contribution is 2.23. The molecule has 7 nitrogen and oxygen atoms in total. The molecule has 8 heteroatoms. The lowest BCUT2D eigenvalue weighted by Gasteiger charge is -2.31. The molecule has 138 valence electrons. The Balaban J connectivity index is 1.83. The third-order valence-corrected chi connectivity index (χ3v) is 4.28. The van der Waals surface area contributed by atoms with Gasteiger partial charge in [0.25, 0.3) is 0 Å². The van der Waals surface area contributed by atoms with Crippen molar-refractivity contribution in [2.75, 3.05) is 26.8 Å². The van der Waals surface area contributed by atoms with Gasteiger partial charge in [-0.1, -0.05) is 17.7 Å². The van der Waals surface area contributed by atoms with E-state index in [1.165, 1.54) is 0 Å². The van der Waals surface area contributed by atoms with Crippen LogP contribution in [-0.2, 0) is 11.3 Å². The number of likely N-dealkylation sites (tertiary alicyclic amines) is 1. The average Bonchev–Trinajstić information content (AvgIpc) is 2.61. The number of nitrogens with one attached hydrogen (secondary N) is 1. The first-order chi connectivity index (χ1) is 12.0. The second kappa shape index (κ2) is 9.36. The topological polar surface area (TPSA) is 89.2 Å². The number of amides is 1. The fourth-order valence-corrected chi connectivity index (χ4v) is 2.86. The van der Waals surface area contributed by atoms with Crippen molar-refractivity contribution in [2.45, 2.75) is 32.4 Å². The van der Waals surface area contributed by atoms with E-state index in [0.29, 0.717) is 43.0 Å². The highest BCUT2D eigenvalue weighted by molar-refractivity contribution is 6.30. The van der Waals surface area contributed by atoms with E-state index in [0.717, 1.165) is 18.4 Å². The van der Waals surface area contributed by atoms with Gasteiger partial charge in [0.15, 0.2) is 5.96 Å². The Bertz CT molecular complexity index is 616. The summed E-state index contributed by atoms with van der Waals surface area (Å²) in [6, 6.07) is 5.61. The van der Waals surface area contributed by atoms with E-state index in [9.17, 15) is 4.79 Å². The lowest BCUT2D eigenvalue weighted by atomic mass is 10.1. The number of nitrogens with two attached hydrogens (primary N) is 1. The molecule has 1 aromatic rings. The molecular weight excluding hydrogens is 344 g/mol. The van der Waals surface area contributed by atoms with E-state index < -0.39 is 0 Å². The molecule has 0 spiro atoms. The van der Waals surface area contributed by atoms with E-state index in [2.05, 4.69) is 10.3 Å². The molecule has 1 aliphatic rings. The summed E-state index contributed by atoms with van der Waals surface area (Å²) in [6.07, 6.45) is 1.36. The molecule has 1 aliphatic heterocycles. The molecule has 0 aromatic heterocycles. The van der Waals surface area contributed by atoms with Crippen molar-refractivity contribution in [3.8, 4) is 5.75 Å². The highest BCUT2D eigenvalue weighted by atomic mass is 35.5. The molecule has 1 aromatic carbocycles. The highest BCUT2D eigenvalue weighted by Gasteiger charge is 2.23. The van der Waals surface area contributed by atoms with Crippen LogP contribution in [0.25, 0.3) is 0 Å². The third kappa shape index (κ3) is 5.70. The number of methoxy groups -OCH3 is 1. The number of hydrogen-bond donors (Lipinski definition) is 2. The lowest BCUT2D eigenvalue weighted by Crippen LogP contribution is -2.48. The van der Waals surface area contributed by atoms with Crippen LogP contribution in [0.1, 0.15) is 25.3 Å². The molecule has 1 saturated heterocycles. The summed E-state index contributed by atoms with van der Waals surface area (Å²) in [7, 11) is 1.60. The molecule has 0 saturated carbocycles. The van der Waals surface area contributed by atoms with E-state index in [1.807, 2.05) is 6.07 Å². The number of ether oxygens (including phenoxy) is 2. The summed E-state index contributed by atoms with van der Waals surface area (Å²) in [4.78, 5) is 17.8. The van der Waals surface area contributed by atoms with E-state index >= 15 is 0 Å². The Kier molecular flexibility index (Phi) is 7.18. The quantitative estimate of drug-likeness (QED) is 0.615. The standard InChI is InChI=1S/C17H25ClN4O3/c1-3-25-17(23)22-8-6-14(7-9-22)21-16(19)20-11-12-4-5-13(18)10-15(12)24-2/h4-5,10,14H,3,6-9,11H2,1-2H3,(H3,19,20,21). The van der Waals surface area contributed by atoms with Crippen LogP contribution in [0.2, 0.25) is 5.02 Å². The molecule has 2 rings (SSSR count). The number of hydrogen-bond acceptors (Lipinski definition) is 4. The first-order valence-corrected chi connectivity index (χ1v) is 8.71. The SMILES string of the molecule is CCOC(=O)N1CCC(NC(N)=NCc2ccc(Cl)cc2OC)CC1. The second-order valence-electron chi connectivity index (χ2n) is 5.76. The number of benzene rings is 1. The maximum absolute atomic E-state index is 11.7. The number of carbonyl (C=O) groups excluding carboxylic acids is 1. The zero-order valence-corrected chi connectivity index (χ0v) is 15.4. The summed E-state index contributed by atoms with van der Waals surface area (Å²) in [5.41, 5.74) is 6.89. The second-order valence-corrected chi connectivity index (χ2v) is 6.20. The molecule has 3 N–H and O–H groups in total. The van der Waals surface area contributed by atoms with Gasteiger partial charge in [-0.3, -0.25) is 0 Å². The van der Waals surface area contributed by atoms with Crippen LogP contribution in [0.3, 0.4) is 0 Å². The molecule has 0 atom stereocenters. The number of guanidine groups is 1. The minimum Gasteiger partial charge on any atom is -0.496 e. The number of carbonyl (C=O) groups is 1. The van der Waals surface area contributed by atoms with Crippen LogP contribution >= 0.6 is 11.6 Å². The lowest BCUT2D eigenvalue weighted by molar-refractivity contribution is 0.0963. The van der Waals surface area contributed by atoms with Crippen LogP contribution in [0.4, 0.5) is 4.79 Å². The molecule has 0 radical (unpaired) electrons. The van der Waals surface area contributed by atoms with Gasteiger partial charge in [0.2, 0.25) is 0 Å². The molecule has 25 heavy (non-hydrogen) atoms. The minimum atomic E-state index is -0.252. The van der Waals surface area contributed by atoms with Crippen LogP contribution in [0.5, 0.6) is 5.75 Å². The summed E-state index contributed by atoms with van der Waals surface area (Å²) in [5.74, 6) is 1.07. The van der Waals surface area contributed by atoms with Gasteiger partial charge in [0, 0.05) is 29.7 Å².